The molecule has 2 amide bonds. The number of para-hydroxylation sites is 1. The number of aromatic nitrogens is 1. The number of nitrogens with zero attached hydrogens (tertiary/aromatic N) is 4. The fraction of sp³-hybridized carbons (Fsp3) is 0.661. The molecule has 6 aliphatic heterocycles. The van der Waals surface area contributed by atoms with E-state index in [0.717, 1.165) is 54.8 Å². The average Bonchev–Trinajstić information content (AvgIpc) is 2.78. The zero-order valence-electron chi connectivity index (χ0n) is 46.1. The van der Waals surface area contributed by atoms with Crippen LogP contribution in [0.2, 0.25) is 0 Å². The van der Waals surface area contributed by atoms with Gasteiger partial charge in [0.05, 0.1) is 30.6 Å². The number of amides is 2. The highest BCUT2D eigenvalue weighted by molar-refractivity contribution is 5.96. The van der Waals surface area contributed by atoms with Crippen LogP contribution in [0.15, 0.2) is 48.6 Å². The van der Waals surface area contributed by atoms with Crippen LogP contribution in [0.1, 0.15) is 127 Å². The molecule has 10 rings (SSSR count). The number of hydrogen-bond acceptors (Lipinski definition) is 15. The van der Waals surface area contributed by atoms with Crippen molar-refractivity contribution in [3.63, 3.8) is 0 Å². The fourth-order valence-corrected chi connectivity index (χ4v) is 15.6. The van der Waals surface area contributed by atoms with E-state index in [1.807, 2.05) is 18.9 Å². The number of methoxy groups -OCH3 is 1. The van der Waals surface area contributed by atoms with Crippen molar-refractivity contribution in [1.29, 1.82) is 0 Å². The third-order valence-corrected chi connectivity index (χ3v) is 19.2. The number of aliphatic hydroxyl groups is 4. The Bertz CT molecular complexity index is 2770. The zero-order chi connectivity index (χ0) is 54.8. The number of fused-ring (bicyclic) bond motifs is 7. The summed E-state index contributed by atoms with van der Waals surface area (Å²) in [6.07, 6.45) is 6.53. The van der Waals surface area contributed by atoms with Crippen LogP contribution in [-0.2, 0) is 55.4 Å². The number of aliphatic hydroxyl groups excluding tert-OH is 2. The molecule has 7 heterocycles. The summed E-state index contributed by atoms with van der Waals surface area (Å²) in [7, 11) is 1.41. The molecule has 2 aromatic carbocycles. The number of benzene rings is 2. The third kappa shape index (κ3) is 9.10. The van der Waals surface area contributed by atoms with Gasteiger partial charge in [0.2, 0.25) is 5.91 Å². The second kappa shape index (κ2) is 21.3. The molecule has 18 nitrogen and oxygen atoms in total. The standard InChI is InChI=1S/C59H82N6O12/c1-8-39(33-66)77-48(74-7)34-76-47(68)19-13-18-46(67)60-37(5)50(69)75-27-15-24-64-54(71)59(73)52-58(22-26-63-23-14-21-57(10-3,51(58)63)53(59)70)43-29-42(36(4)28-45(43)65(52)64)55(6)30-38-31-56(72,9-2)35-62(32-38)25-20-41-40-16-11-12-17-44(40)61-49(41)55/h11-12,14,16-17,21,28-29,37-39,48,51-53,61,66,70,72-73H,8-10,13,15,18-20,22-27,30-35H2,1-7H3,(H,60,67)/t37?,38?,39?,48?,51?,52?,53-,55-,56?,57-,58-,59+/m1/s1. The van der Waals surface area contributed by atoms with Gasteiger partial charge < -0.3 is 49.7 Å². The van der Waals surface area contributed by atoms with E-state index in [4.69, 9.17) is 18.9 Å². The molecule has 2 bridgehead atoms. The molecule has 7 unspecified atom stereocenters. The maximum Gasteiger partial charge on any atom is 0.328 e. The van der Waals surface area contributed by atoms with Gasteiger partial charge in [-0.1, -0.05) is 57.2 Å². The van der Waals surface area contributed by atoms with Gasteiger partial charge in [-0.05, 0) is 119 Å². The van der Waals surface area contributed by atoms with E-state index in [2.05, 4.69) is 89.4 Å². The largest absolute Gasteiger partial charge is 0.464 e. The molecule has 4 fully saturated rings. The van der Waals surface area contributed by atoms with Crippen molar-refractivity contribution in [1.82, 2.24) is 25.1 Å². The van der Waals surface area contributed by atoms with Gasteiger partial charge in [-0.15, -0.1) is 0 Å². The number of aryl methyl sites for hydroxylation is 1. The van der Waals surface area contributed by atoms with Gasteiger partial charge in [0.1, 0.15) is 24.8 Å². The Hall–Kier alpha value is -4.92. The van der Waals surface area contributed by atoms with Gasteiger partial charge in [-0.3, -0.25) is 34.2 Å². The van der Waals surface area contributed by atoms with Gasteiger partial charge >= 0.3 is 11.9 Å². The number of esters is 2. The van der Waals surface area contributed by atoms with Gasteiger partial charge in [-0.25, -0.2) is 4.79 Å². The van der Waals surface area contributed by atoms with Crippen molar-refractivity contribution in [2.45, 2.75) is 171 Å². The first-order valence-corrected chi connectivity index (χ1v) is 28.4. The van der Waals surface area contributed by atoms with Crippen LogP contribution in [0.4, 0.5) is 5.69 Å². The average molecular weight is 1070 g/mol. The lowest BCUT2D eigenvalue weighted by molar-refractivity contribution is -0.195. The Labute approximate surface area is 452 Å². The minimum atomic E-state index is -2.18. The van der Waals surface area contributed by atoms with Crippen LogP contribution < -0.4 is 10.3 Å². The van der Waals surface area contributed by atoms with E-state index < -0.39 is 81.8 Å². The van der Waals surface area contributed by atoms with Crippen molar-refractivity contribution in [3.05, 3.63) is 76.5 Å². The lowest BCUT2D eigenvalue weighted by Gasteiger charge is -2.61. The lowest BCUT2D eigenvalue weighted by Crippen LogP contribution is -2.78. The molecule has 0 radical (unpaired) electrons. The number of hydrogen-bond donors (Lipinski definition) is 6. The number of hydrazine groups is 1. The van der Waals surface area contributed by atoms with Crippen molar-refractivity contribution in [2.75, 3.05) is 71.2 Å². The molecular formula is C59H82N6O12. The van der Waals surface area contributed by atoms with Crippen LogP contribution in [0, 0.1) is 18.3 Å². The molecule has 1 aliphatic carbocycles. The van der Waals surface area contributed by atoms with Crippen molar-refractivity contribution in [3.8, 4) is 0 Å². The summed E-state index contributed by atoms with van der Waals surface area (Å²) in [4.78, 5) is 62.7. The first-order chi connectivity index (χ1) is 36.9. The number of ether oxygens (including phenoxy) is 4. The second-order valence-electron chi connectivity index (χ2n) is 23.7. The highest BCUT2D eigenvalue weighted by Crippen LogP contribution is 2.69. The number of nitrogens with one attached hydrogen (secondary N) is 2. The maximum absolute atomic E-state index is 15.3. The molecule has 77 heavy (non-hydrogen) atoms. The minimum Gasteiger partial charge on any atom is -0.464 e. The maximum atomic E-state index is 15.3. The van der Waals surface area contributed by atoms with E-state index in [1.54, 1.807) is 5.01 Å². The normalized spacial score (nSPS) is 33.1. The molecular weight excluding hydrogens is 985 g/mol. The minimum absolute atomic E-state index is 0.0360. The summed E-state index contributed by atoms with van der Waals surface area (Å²) >= 11 is 0. The molecule has 1 spiro atoms. The van der Waals surface area contributed by atoms with Crippen molar-refractivity contribution >= 4 is 40.3 Å². The number of H-pyrrole nitrogens is 1. The van der Waals surface area contributed by atoms with Crippen molar-refractivity contribution < 1.29 is 58.6 Å². The van der Waals surface area contributed by atoms with E-state index >= 15 is 4.79 Å². The summed E-state index contributed by atoms with van der Waals surface area (Å²) in [6.45, 7) is 15.5. The Morgan fingerprint density at radius 2 is 1.78 bits per heavy atom. The van der Waals surface area contributed by atoms with Crippen LogP contribution in [0.3, 0.4) is 0 Å². The number of carbonyl (C=O) groups excluding carboxylic acids is 4. The van der Waals surface area contributed by atoms with Crippen LogP contribution in [0.25, 0.3) is 10.9 Å². The third-order valence-electron chi connectivity index (χ3n) is 19.2. The SMILES string of the molecule is CCC(CO)OC(COC(=O)CCCC(=O)NC(C)C(=O)OCCCN1C(=O)[C@]2(O)C3N1c1cc(C)c([C@@]4(C)CC5C[N@](CCc6c4[nH]c4ccccc64)CC(O)(CC)C5)cc1[C@@]31CCN3CC=C[C@](CC)(C31)[C@H]2O)OC. The van der Waals surface area contributed by atoms with Gasteiger partial charge in [0.15, 0.2) is 11.9 Å². The van der Waals surface area contributed by atoms with Gasteiger partial charge in [0, 0.05) is 98.0 Å². The van der Waals surface area contributed by atoms with Gasteiger partial charge in [0.25, 0.3) is 5.91 Å². The highest BCUT2D eigenvalue weighted by Gasteiger charge is 2.83. The molecule has 1 saturated carbocycles. The number of aromatic amines is 1. The predicted octanol–water partition coefficient (Wildman–Crippen LogP) is 4.43. The number of carbonyl (C=O) groups is 4. The first kappa shape index (κ1) is 55.4. The summed E-state index contributed by atoms with van der Waals surface area (Å²) < 4.78 is 21.7. The molecule has 18 heteroatoms. The summed E-state index contributed by atoms with van der Waals surface area (Å²) in [5, 5.41) is 55.1. The second-order valence-corrected chi connectivity index (χ2v) is 23.7. The molecule has 13 atom stereocenters. The van der Waals surface area contributed by atoms with E-state index in [-0.39, 0.29) is 64.0 Å². The highest BCUT2D eigenvalue weighted by atomic mass is 16.7. The monoisotopic (exact) mass is 1070 g/mol. The summed E-state index contributed by atoms with van der Waals surface area (Å²) in [5.41, 5.74) is 2.54. The quantitative estimate of drug-likeness (QED) is 0.0398. The predicted molar refractivity (Wildman–Crippen MR) is 288 cm³/mol. The van der Waals surface area contributed by atoms with Crippen molar-refractivity contribution in [2.24, 2.45) is 11.3 Å². The zero-order valence-corrected chi connectivity index (χ0v) is 46.1. The fourth-order valence-electron chi connectivity index (χ4n) is 15.6. The van der Waals surface area contributed by atoms with Crippen LogP contribution >= 0.6 is 0 Å². The molecule has 3 aromatic rings. The topological polar surface area (TPSA) is 227 Å². The van der Waals surface area contributed by atoms with Crippen LogP contribution in [0.5, 0.6) is 0 Å². The van der Waals surface area contributed by atoms with Gasteiger partial charge in [-0.2, -0.15) is 0 Å². The number of rotatable bonds is 20. The summed E-state index contributed by atoms with van der Waals surface area (Å²) in [6, 6.07) is 11.2. The summed E-state index contributed by atoms with van der Waals surface area (Å²) in [5.74, 6) is -2.02. The van der Waals surface area contributed by atoms with E-state index in [1.165, 1.54) is 36.2 Å². The molecule has 7 aliphatic rings. The molecule has 1 aromatic heterocycles. The van der Waals surface area contributed by atoms with Crippen LogP contribution in [-0.4, -0.2) is 178 Å². The number of anilines is 1. The Balaban J connectivity index is 0.904. The Morgan fingerprint density at radius 3 is 2.52 bits per heavy atom. The number of piperidine rings is 1. The molecule has 6 N–H and O–H groups in total. The molecule has 420 valence electrons. The Kier molecular flexibility index (Phi) is 15.3. The molecule has 3 saturated heterocycles. The first-order valence-electron chi connectivity index (χ1n) is 28.4. The lowest BCUT2D eigenvalue weighted by atomic mass is 9.48. The van der Waals surface area contributed by atoms with E-state index in [0.29, 0.717) is 45.2 Å². The smallest absolute Gasteiger partial charge is 0.328 e. The Morgan fingerprint density at radius 1 is 0.987 bits per heavy atom. The van der Waals surface area contributed by atoms with E-state index in [9.17, 15) is 34.8 Å².